The number of hydrogen-bond donors (Lipinski definition) is 3. The minimum absolute atomic E-state index is 0.0480. The zero-order valence-corrected chi connectivity index (χ0v) is 14.2. The molecule has 3 N–H and O–H groups in total. The standard InChI is InChI=1S/C19H21NO5/c1-24-17-7-4-14(11-16(17)22)9-10-20-19(23)8-5-13-3-6-15(21)18(12-13)25-2/h3-8,11-12,21-22H,9-10H2,1-2H3,(H,20,23). The van der Waals surface area contributed by atoms with E-state index in [0.29, 0.717) is 24.5 Å². The van der Waals surface area contributed by atoms with Gasteiger partial charge in [-0.05, 0) is 47.9 Å². The number of amides is 1. The summed E-state index contributed by atoms with van der Waals surface area (Å²) in [6.45, 7) is 0.438. The number of benzene rings is 2. The van der Waals surface area contributed by atoms with Crippen LogP contribution in [0, 0.1) is 0 Å². The summed E-state index contributed by atoms with van der Waals surface area (Å²) < 4.78 is 10.0. The molecule has 0 spiro atoms. The quantitative estimate of drug-likeness (QED) is 0.672. The molecule has 0 saturated carbocycles. The summed E-state index contributed by atoms with van der Waals surface area (Å²) in [5.41, 5.74) is 1.63. The Morgan fingerprint density at radius 3 is 2.48 bits per heavy atom. The van der Waals surface area contributed by atoms with Crippen molar-refractivity contribution in [1.29, 1.82) is 0 Å². The van der Waals surface area contributed by atoms with E-state index in [0.717, 1.165) is 11.1 Å². The van der Waals surface area contributed by atoms with Gasteiger partial charge in [-0.25, -0.2) is 0 Å². The van der Waals surface area contributed by atoms with E-state index in [2.05, 4.69) is 5.32 Å². The van der Waals surface area contributed by atoms with Crippen molar-refractivity contribution in [3.05, 3.63) is 53.6 Å². The molecule has 0 bridgehead atoms. The number of phenolic OH excluding ortho intramolecular Hbond substituents is 2. The molecule has 0 heterocycles. The number of phenols is 2. The predicted octanol–water partition coefficient (Wildman–Crippen LogP) is 2.49. The monoisotopic (exact) mass is 343 g/mol. The Morgan fingerprint density at radius 2 is 1.80 bits per heavy atom. The van der Waals surface area contributed by atoms with E-state index in [1.54, 1.807) is 30.3 Å². The van der Waals surface area contributed by atoms with Crippen LogP contribution in [0.4, 0.5) is 0 Å². The van der Waals surface area contributed by atoms with Crippen LogP contribution < -0.4 is 14.8 Å². The summed E-state index contributed by atoms with van der Waals surface area (Å²) >= 11 is 0. The number of hydrogen-bond acceptors (Lipinski definition) is 5. The van der Waals surface area contributed by atoms with Gasteiger partial charge in [0, 0.05) is 12.6 Å². The highest BCUT2D eigenvalue weighted by atomic mass is 16.5. The second kappa shape index (κ2) is 8.63. The van der Waals surface area contributed by atoms with Crippen LogP contribution in [0.25, 0.3) is 6.08 Å². The molecule has 25 heavy (non-hydrogen) atoms. The van der Waals surface area contributed by atoms with Gasteiger partial charge in [-0.2, -0.15) is 0 Å². The number of aromatic hydroxyl groups is 2. The average Bonchev–Trinajstić information content (AvgIpc) is 2.61. The SMILES string of the molecule is COc1ccc(CCNC(=O)C=Cc2ccc(O)c(OC)c2)cc1O. The lowest BCUT2D eigenvalue weighted by molar-refractivity contribution is -0.116. The Bertz CT molecular complexity index is 770. The third-order valence-corrected chi connectivity index (χ3v) is 3.59. The van der Waals surface area contributed by atoms with Gasteiger partial charge in [-0.1, -0.05) is 12.1 Å². The predicted molar refractivity (Wildman–Crippen MR) is 95.1 cm³/mol. The van der Waals surface area contributed by atoms with E-state index < -0.39 is 0 Å². The van der Waals surface area contributed by atoms with Gasteiger partial charge in [0.2, 0.25) is 5.91 Å². The largest absolute Gasteiger partial charge is 0.504 e. The Labute approximate surface area is 146 Å². The molecule has 1 amide bonds. The maximum absolute atomic E-state index is 11.8. The fraction of sp³-hybridized carbons (Fsp3) is 0.211. The number of methoxy groups -OCH3 is 2. The van der Waals surface area contributed by atoms with Gasteiger partial charge < -0.3 is 25.0 Å². The summed E-state index contributed by atoms with van der Waals surface area (Å²) in [5, 5.41) is 22.0. The van der Waals surface area contributed by atoms with Gasteiger partial charge in [0.15, 0.2) is 23.0 Å². The zero-order chi connectivity index (χ0) is 18.2. The van der Waals surface area contributed by atoms with Crippen molar-refractivity contribution >= 4 is 12.0 Å². The minimum Gasteiger partial charge on any atom is -0.504 e. The molecule has 6 heteroatoms. The van der Waals surface area contributed by atoms with Crippen LogP contribution >= 0.6 is 0 Å². The maximum atomic E-state index is 11.8. The van der Waals surface area contributed by atoms with Crippen LogP contribution in [0.1, 0.15) is 11.1 Å². The first-order valence-electron chi connectivity index (χ1n) is 7.72. The number of nitrogens with one attached hydrogen (secondary N) is 1. The van der Waals surface area contributed by atoms with Crippen molar-refractivity contribution in [2.75, 3.05) is 20.8 Å². The van der Waals surface area contributed by atoms with Crippen LogP contribution in [0.3, 0.4) is 0 Å². The summed E-state index contributed by atoms with van der Waals surface area (Å²) in [4.78, 5) is 11.8. The second-order valence-corrected chi connectivity index (χ2v) is 5.31. The number of carbonyl (C=O) groups excluding carboxylic acids is 1. The van der Waals surface area contributed by atoms with Gasteiger partial charge in [0.05, 0.1) is 14.2 Å². The first-order valence-corrected chi connectivity index (χ1v) is 7.72. The molecule has 2 aromatic rings. The highest BCUT2D eigenvalue weighted by Crippen LogP contribution is 2.27. The van der Waals surface area contributed by atoms with Crippen LogP contribution in [0.5, 0.6) is 23.0 Å². The van der Waals surface area contributed by atoms with Gasteiger partial charge in [0.1, 0.15) is 0 Å². The highest BCUT2D eigenvalue weighted by Gasteiger charge is 2.04. The van der Waals surface area contributed by atoms with Crippen molar-refractivity contribution in [2.24, 2.45) is 0 Å². The number of rotatable bonds is 7. The van der Waals surface area contributed by atoms with Crippen molar-refractivity contribution in [3.8, 4) is 23.0 Å². The molecule has 0 aliphatic rings. The molecule has 0 fully saturated rings. The third-order valence-electron chi connectivity index (χ3n) is 3.59. The Kier molecular flexibility index (Phi) is 6.28. The molecule has 0 radical (unpaired) electrons. The summed E-state index contributed by atoms with van der Waals surface area (Å²) in [6, 6.07) is 9.96. The van der Waals surface area contributed by atoms with Gasteiger partial charge in [-0.3, -0.25) is 4.79 Å². The average molecular weight is 343 g/mol. The summed E-state index contributed by atoms with van der Waals surface area (Å²) in [7, 11) is 2.96. The lowest BCUT2D eigenvalue weighted by Gasteiger charge is -2.07. The van der Waals surface area contributed by atoms with Crippen LogP contribution in [-0.2, 0) is 11.2 Å². The van der Waals surface area contributed by atoms with Gasteiger partial charge >= 0.3 is 0 Å². The highest BCUT2D eigenvalue weighted by molar-refractivity contribution is 5.91. The van der Waals surface area contributed by atoms with E-state index in [-0.39, 0.29) is 17.4 Å². The number of carbonyl (C=O) groups is 1. The van der Waals surface area contributed by atoms with E-state index in [1.165, 1.54) is 26.4 Å². The molecule has 2 aromatic carbocycles. The molecule has 0 atom stereocenters. The lowest BCUT2D eigenvalue weighted by atomic mass is 10.1. The van der Waals surface area contributed by atoms with Crippen LogP contribution in [0.15, 0.2) is 42.5 Å². The first kappa shape index (κ1) is 18.2. The van der Waals surface area contributed by atoms with E-state index in [4.69, 9.17) is 9.47 Å². The molecule has 2 rings (SSSR count). The molecular weight excluding hydrogens is 322 g/mol. The van der Waals surface area contributed by atoms with Gasteiger partial charge in [-0.15, -0.1) is 0 Å². The fourth-order valence-electron chi connectivity index (χ4n) is 2.25. The van der Waals surface area contributed by atoms with Crippen LogP contribution in [-0.4, -0.2) is 36.9 Å². The molecule has 0 aliphatic heterocycles. The Balaban J connectivity index is 1.85. The molecule has 6 nitrogen and oxygen atoms in total. The minimum atomic E-state index is -0.232. The van der Waals surface area contributed by atoms with Crippen molar-refractivity contribution in [3.63, 3.8) is 0 Å². The van der Waals surface area contributed by atoms with E-state index >= 15 is 0 Å². The van der Waals surface area contributed by atoms with Crippen molar-refractivity contribution in [2.45, 2.75) is 6.42 Å². The summed E-state index contributed by atoms with van der Waals surface area (Å²) in [6.07, 6.45) is 3.64. The van der Waals surface area contributed by atoms with E-state index in [1.807, 2.05) is 6.07 Å². The Hall–Kier alpha value is -3.15. The molecule has 0 aromatic heterocycles. The first-order chi connectivity index (χ1) is 12.0. The van der Waals surface area contributed by atoms with Crippen LogP contribution in [0.2, 0.25) is 0 Å². The fourth-order valence-corrected chi connectivity index (χ4v) is 2.25. The third kappa shape index (κ3) is 5.17. The Morgan fingerprint density at radius 1 is 1.04 bits per heavy atom. The second-order valence-electron chi connectivity index (χ2n) is 5.31. The van der Waals surface area contributed by atoms with E-state index in [9.17, 15) is 15.0 Å². The lowest BCUT2D eigenvalue weighted by Crippen LogP contribution is -2.23. The molecule has 0 unspecified atom stereocenters. The molecular formula is C19H21NO5. The molecule has 0 saturated heterocycles. The smallest absolute Gasteiger partial charge is 0.244 e. The molecule has 132 valence electrons. The van der Waals surface area contributed by atoms with Crippen molar-refractivity contribution < 1.29 is 24.5 Å². The van der Waals surface area contributed by atoms with Gasteiger partial charge in [0.25, 0.3) is 0 Å². The van der Waals surface area contributed by atoms with Crippen molar-refractivity contribution in [1.82, 2.24) is 5.32 Å². The summed E-state index contributed by atoms with van der Waals surface area (Å²) in [5.74, 6) is 0.658. The zero-order valence-electron chi connectivity index (χ0n) is 14.2. The number of ether oxygens (including phenoxy) is 2. The maximum Gasteiger partial charge on any atom is 0.244 e. The normalized spacial score (nSPS) is 10.6. The molecule has 0 aliphatic carbocycles. The topological polar surface area (TPSA) is 88.0 Å².